The Morgan fingerprint density at radius 2 is 1.96 bits per heavy atom. The van der Waals surface area contributed by atoms with E-state index in [0.717, 1.165) is 64.5 Å². The molecule has 0 aromatic carbocycles. The van der Waals surface area contributed by atoms with Crippen LogP contribution >= 0.6 is 11.3 Å². The second kappa shape index (κ2) is 9.46. The van der Waals surface area contributed by atoms with Gasteiger partial charge in [0.1, 0.15) is 0 Å². The molecule has 0 bridgehead atoms. The van der Waals surface area contributed by atoms with E-state index in [9.17, 15) is 0 Å². The van der Waals surface area contributed by atoms with Crippen LogP contribution in [0, 0.1) is 0 Å². The highest BCUT2D eigenvalue weighted by atomic mass is 32.1. The molecular weight excluding hydrogens is 370 g/mol. The number of nitrogens with zero attached hydrogens (tertiary/aromatic N) is 3. The Morgan fingerprint density at radius 3 is 2.61 bits per heavy atom. The van der Waals surface area contributed by atoms with Crippen molar-refractivity contribution in [2.24, 2.45) is 4.99 Å². The summed E-state index contributed by atoms with van der Waals surface area (Å²) >= 11 is 1.84. The SMILES string of the molecule is CN=C(NCC1(N2CCCC2)CCOCC1)NC1CCN(c2cccs2)CC1. The monoisotopic (exact) mass is 405 g/mol. The third-order valence-corrected chi connectivity index (χ3v) is 7.59. The minimum atomic E-state index is 0.231. The summed E-state index contributed by atoms with van der Waals surface area (Å²) in [6, 6.07) is 4.87. The van der Waals surface area contributed by atoms with Crippen LogP contribution in [0.4, 0.5) is 5.00 Å². The standard InChI is InChI=1S/C21H35N5OS/c1-22-20(24-18-6-12-25(13-7-18)19-5-4-16-28-19)23-17-21(8-14-27-15-9-21)26-10-2-3-11-26/h4-5,16,18H,2-3,6-15,17H2,1H3,(H2,22,23,24). The van der Waals surface area contributed by atoms with Crippen molar-refractivity contribution in [1.29, 1.82) is 0 Å². The van der Waals surface area contributed by atoms with Crippen molar-refractivity contribution in [2.75, 3.05) is 57.9 Å². The molecule has 3 aliphatic rings. The van der Waals surface area contributed by atoms with Gasteiger partial charge in [0.05, 0.1) is 5.00 Å². The number of guanidine groups is 1. The van der Waals surface area contributed by atoms with Crippen LogP contribution in [0.5, 0.6) is 0 Å². The molecule has 3 saturated heterocycles. The molecule has 1 aromatic rings. The van der Waals surface area contributed by atoms with E-state index in [1.807, 2.05) is 18.4 Å². The van der Waals surface area contributed by atoms with Gasteiger partial charge in [-0.3, -0.25) is 9.89 Å². The highest BCUT2D eigenvalue weighted by Crippen LogP contribution is 2.31. The molecule has 0 amide bonds. The van der Waals surface area contributed by atoms with Crippen molar-refractivity contribution in [3.05, 3.63) is 17.5 Å². The Kier molecular flexibility index (Phi) is 6.75. The Bertz CT molecular complexity index is 615. The molecule has 0 unspecified atom stereocenters. The van der Waals surface area contributed by atoms with Gasteiger partial charge in [-0.25, -0.2) is 0 Å². The van der Waals surface area contributed by atoms with Crippen LogP contribution in [-0.2, 0) is 4.74 Å². The van der Waals surface area contributed by atoms with E-state index in [4.69, 9.17) is 4.74 Å². The lowest BCUT2D eigenvalue weighted by molar-refractivity contribution is -0.0164. The number of anilines is 1. The smallest absolute Gasteiger partial charge is 0.191 e. The number of nitrogens with one attached hydrogen (secondary N) is 2. The van der Waals surface area contributed by atoms with Crippen molar-refractivity contribution in [2.45, 2.75) is 50.1 Å². The third kappa shape index (κ3) is 4.63. The van der Waals surface area contributed by atoms with Gasteiger partial charge in [-0.1, -0.05) is 0 Å². The largest absolute Gasteiger partial charge is 0.381 e. The zero-order chi connectivity index (χ0) is 19.2. The fourth-order valence-electron chi connectivity index (χ4n) is 4.88. The number of hydrogen-bond acceptors (Lipinski definition) is 5. The Balaban J connectivity index is 1.28. The second-order valence-corrected chi connectivity index (χ2v) is 9.24. The molecule has 0 saturated carbocycles. The van der Waals surface area contributed by atoms with Gasteiger partial charge in [-0.05, 0) is 69.1 Å². The molecule has 2 N–H and O–H groups in total. The molecular formula is C21H35N5OS. The summed E-state index contributed by atoms with van der Waals surface area (Å²) in [6.45, 7) is 7.42. The zero-order valence-corrected chi connectivity index (χ0v) is 18.0. The van der Waals surface area contributed by atoms with Crippen LogP contribution in [0.25, 0.3) is 0 Å². The molecule has 156 valence electrons. The lowest BCUT2D eigenvalue weighted by Crippen LogP contribution is -2.59. The van der Waals surface area contributed by atoms with E-state index in [-0.39, 0.29) is 5.54 Å². The third-order valence-electron chi connectivity index (χ3n) is 6.66. The summed E-state index contributed by atoms with van der Waals surface area (Å²) in [5.41, 5.74) is 0.231. The zero-order valence-electron chi connectivity index (χ0n) is 17.2. The molecule has 4 heterocycles. The number of rotatable bonds is 5. The first-order valence-electron chi connectivity index (χ1n) is 10.9. The molecule has 28 heavy (non-hydrogen) atoms. The number of aliphatic imine (C=N–C) groups is 1. The van der Waals surface area contributed by atoms with Crippen molar-refractivity contribution in [3.8, 4) is 0 Å². The highest BCUT2D eigenvalue weighted by molar-refractivity contribution is 7.14. The van der Waals surface area contributed by atoms with Crippen molar-refractivity contribution < 1.29 is 4.74 Å². The fourth-order valence-corrected chi connectivity index (χ4v) is 5.66. The number of thiophene rings is 1. The molecule has 7 heteroatoms. The normalized spacial score (nSPS) is 24.5. The molecule has 0 aliphatic carbocycles. The van der Waals surface area contributed by atoms with Gasteiger partial charge < -0.3 is 20.3 Å². The van der Waals surface area contributed by atoms with Crippen LogP contribution < -0.4 is 15.5 Å². The van der Waals surface area contributed by atoms with Gasteiger partial charge in [0, 0.05) is 51.5 Å². The summed E-state index contributed by atoms with van der Waals surface area (Å²) in [4.78, 5) is 9.73. The molecule has 0 radical (unpaired) electrons. The number of likely N-dealkylation sites (tertiary alicyclic amines) is 1. The molecule has 3 aliphatic heterocycles. The predicted octanol–water partition coefficient (Wildman–Crippen LogP) is 2.53. The quantitative estimate of drug-likeness (QED) is 0.582. The molecule has 6 nitrogen and oxygen atoms in total. The number of piperidine rings is 1. The lowest BCUT2D eigenvalue weighted by atomic mass is 9.88. The highest BCUT2D eigenvalue weighted by Gasteiger charge is 2.39. The summed E-state index contributed by atoms with van der Waals surface area (Å²) < 4.78 is 5.68. The van der Waals surface area contributed by atoms with Crippen LogP contribution in [0.15, 0.2) is 22.5 Å². The summed E-state index contributed by atoms with van der Waals surface area (Å²) in [5.74, 6) is 0.958. The van der Waals surface area contributed by atoms with Crippen LogP contribution in [-0.4, -0.2) is 75.4 Å². The van der Waals surface area contributed by atoms with Crippen LogP contribution in [0.3, 0.4) is 0 Å². The van der Waals surface area contributed by atoms with Crippen molar-refractivity contribution in [1.82, 2.24) is 15.5 Å². The number of hydrogen-bond donors (Lipinski definition) is 2. The van der Waals surface area contributed by atoms with Gasteiger partial charge in [-0.15, -0.1) is 11.3 Å². The first kappa shape index (κ1) is 20.0. The van der Waals surface area contributed by atoms with E-state index in [0.29, 0.717) is 6.04 Å². The predicted molar refractivity (Wildman–Crippen MR) is 118 cm³/mol. The maximum Gasteiger partial charge on any atom is 0.191 e. The molecule has 1 aromatic heterocycles. The maximum absolute atomic E-state index is 5.68. The summed E-state index contributed by atoms with van der Waals surface area (Å²) in [7, 11) is 1.89. The molecule has 0 atom stereocenters. The fraction of sp³-hybridized carbons (Fsp3) is 0.762. The minimum Gasteiger partial charge on any atom is -0.381 e. The van der Waals surface area contributed by atoms with Crippen LogP contribution in [0.1, 0.15) is 38.5 Å². The maximum atomic E-state index is 5.68. The van der Waals surface area contributed by atoms with E-state index in [1.54, 1.807) is 0 Å². The van der Waals surface area contributed by atoms with Crippen LogP contribution in [0.2, 0.25) is 0 Å². The first-order valence-corrected chi connectivity index (χ1v) is 11.8. The van der Waals surface area contributed by atoms with Gasteiger partial charge in [-0.2, -0.15) is 0 Å². The topological polar surface area (TPSA) is 52.1 Å². The summed E-state index contributed by atoms with van der Waals surface area (Å²) in [5, 5.41) is 10.9. The van der Waals surface area contributed by atoms with E-state index in [2.05, 4.69) is 42.9 Å². The molecule has 3 fully saturated rings. The number of ether oxygens (including phenoxy) is 1. The van der Waals surface area contributed by atoms with E-state index in [1.165, 1.54) is 30.9 Å². The molecule has 0 spiro atoms. The van der Waals surface area contributed by atoms with Gasteiger partial charge in [0.25, 0.3) is 0 Å². The van der Waals surface area contributed by atoms with Crippen molar-refractivity contribution >= 4 is 22.3 Å². The van der Waals surface area contributed by atoms with Crippen molar-refractivity contribution in [3.63, 3.8) is 0 Å². The van der Waals surface area contributed by atoms with Gasteiger partial charge >= 0.3 is 0 Å². The Hall–Kier alpha value is -1.31. The van der Waals surface area contributed by atoms with Gasteiger partial charge in [0.15, 0.2) is 5.96 Å². The van der Waals surface area contributed by atoms with E-state index >= 15 is 0 Å². The first-order chi connectivity index (χ1) is 13.8. The lowest BCUT2D eigenvalue weighted by Gasteiger charge is -2.45. The van der Waals surface area contributed by atoms with E-state index < -0.39 is 0 Å². The molecule has 4 rings (SSSR count). The second-order valence-electron chi connectivity index (χ2n) is 8.31. The minimum absolute atomic E-state index is 0.231. The summed E-state index contributed by atoms with van der Waals surface area (Å²) in [6.07, 6.45) is 7.22. The van der Waals surface area contributed by atoms with Gasteiger partial charge in [0.2, 0.25) is 0 Å². The Labute approximate surface area is 173 Å². The average molecular weight is 406 g/mol. The Morgan fingerprint density at radius 1 is 1.21 bits per heavy atom. The average Bonchev–Trinajstić information content (AvgIpc) is 3.47.